The molecule has 0 aliphatic carbocycles. The Morgan fingerprint density at radius 3 is 2.67 bits per heavy atom. The zero-order chi connectivity index (χ0) is 16.0. The number of carbonyl (C=O) groups is 1. The fourth-order valence-electron chi connectivity index (χ4n) is 1.79. The lowest BCUT2D eigenvalue weighted by atomic mass is 9.96. The molecule has 0 saturated heterocycles. The summed E-state index contributed by atoms with van der Waals surface area (Å²) >= 11 is 0. The molecule has 0 heterocycles. The highest BCUT2D eigenvalue weighted by molar-refractivity contribution is 5.83. The molecule has 1 aromatic rings. The molecule has 7 heteroatoms. The summed E-state index contributed by atoms with van der Waals surface area (Å²) in [5.41, 5.74) is 10.6. The standard InChI is InChI=1S/C14H21N3O4/c1-10-5-6-12(11(9-10)17(19)20)21-8-4-3-7-14(2,16)13(15)18/h5-6,9H,3-4,7-8,16H2,1-2H3,(H2,15,18). The van der Waals surface area contributed by atoms with Gasteiger partial charge in [-0.1, -0.05) is 6.07 Å². The number of aryl methyl sites for hydroxylation is 1. The van der Waals surface area contributed by atoms with Gasteiger partial charge < -0.3 is 16.2 Å². The summed E-state index contributed by atoms with van der Waals surface area (Å²) in [6.07, 6.45) is 1.72. The minimum absolute atomic E-state index is 0.0456. The van der Waals surface area contributed by atoms with Gasteiger partial charge in [0, 0.05) is 6.07 Å². The molecule has 21 heavy (non-hydrogen) atoms. The predicted molar refractivity (Wildman–Crippen MR) is 79.0 cm³/mol. The monoisotopic (exact) mass is 295 g/mol. The third-order valence-corrected chi connectivity index (χ3v) is 3.22. The average Bonchev–Trinajstić information content (AvgIpc) is 2.39. The number of hydrogen-bond donors (Lipinski definition) is 2. The second-order valence-electron chi connectivity index (χ2n) is 5.32. The van der Waals surface area contributed by atoms with Crippen LogP contribution in [0.5, 0.6) is 5.75 Å². The van der Waals surface area contributed by atoms with Crippen molar-refractivity contribution in [2.24, 2.45) is 11.5 Å². The highest BCUT2D eigenvalue weighted by atomic mass is 16.6. The van der Waals surface area contributed by atoms with Crippen LogP contribution < -0.4 is 16.2 Å². The smallest absolute Gasteiger partial charge is 0.311 e. The van der Waals surface area contributed by atoms with E-state index in [0.29, 0.717) is 25.9 Å². The molecule has 1 rings (SSSR count). The van der Waals surface area contributed by atoms with Crippen molar-refractivity contribution in [3.63, 3.8) is 0 Å². The van der Waals surface area contributed by atoms with Gasteiger partial charge >= 0.3 is 5.69 Å². The van der Waals surface area contributed by atoms with Crippen LogP contribution in [-0.2, 0) is 4.79 Å². The van der Waals surface area contributed by atoms with E-state index in [2.05, 4.69) is 0 Å². The second-order valence-corrected chi connectivity index (χ2v) is 5.32. The van der Waals surface area contributed by atoms with Crippen molar-refractivity contribution >= 4 is 11.6 Å². The molecule has 0 radical (unpaired) electrons. The third-order valence-electron chi connectivity index (χ3n) is 3.22. The van der Waals surface area contributed by atoms with E-state index in [0.717, 1.165) is 5.56 Å². The number of ether oxygens (including phenoxy) is 1. The number of unbranched alkanes of at least 4 members (excludes halogenated alkanes) is 1. The number of primary amides is 1. The minimum Gasteiger partial charge on any atom is -0.487 e. The molecule has 0 saturated carbocycles. The van der Waals surface area contributed by atoms with Crippen molar-refractivity contribution in [3.05, 3.63) is 33.9 Å². The Balaban J connectivity index is 2.47. The van der Waals surface area contributed by atoms with E-state index in [1.807, 2.05) is 0 Å². The fraction of sp³-hybridized carbons (Fsp3) is 0.500. The van der Waals surface area contributed by atoms with E-state index in [1.54, 1.807) is 26.0 Å². The Morgan fingerprint density at radius 1 is 1.43 bits per heavy atom. The zero-order valence-corrected chi connectivity index (χ0v) is 12.3. The Hall–Kier alpha value is -2.15. The molecule has 0 aliphatic heterocycles. The van der Waals surface area contributed by atoms with Crippen LogP contribution in [-0.4, -0.2) is 23.0 Å². The molecule has 116 valence electrons. The van der Waals surface area contributed by atoms with E-state index in [1.165, 1.54) is 6.07 Å². The number of rotatable bonds is 8. The Morgan fingerprint density at radius 2 is 2.10 bits per heavy atom. The molecule has 4 N–H and O–H groups in total. The quantitative estimate of drug-likeness (QED) is 0.429. The number of carbonyl (C=O) groups excluding carboxylic acids is 1. The molecule has 1 unspecified atom stereocenters. The highest BCUT2D eigenvalue weighted by Gasteiger charge is 2.24. The molecule has 0 fully saturated rings. The van der Waals surface area contributed by atoms with Gasteiger partial charge in [-0.3, -0.25) is 14.9 Å². The summed E-state index contributed by atoms with van der Waals surface area (Å²) in [5, 5.41) is 10.9. The van der Waals surface area contributed by atoms with Crippen LogP contribution in [0.2, 0.25) is 0 Å². The number of nitro groups is 1. The summed E-state index contributed by atoms with van der Waals surface area (Å²) in [7, 11) is 0. The zero-order valence-electron chi connectivity index (χ0n) is 12.3. The van der Waals surface area contributed by atoms with E-state index in [9.17, 15) is 14.9 Å². The van der Waals surface area contributed by atoms with Gasteiger partial charge in [-0.15, -0.1) is 0 Å². The van der Waals surface area contributed by atoms with Gasteiger partial charge in [0.1, 0.15) is 0 Å². The van der Waals surface area contributed by atoms with Gasteiger partial charge in [-0.25, -0.2) is 0 Å². The van der Waals surface area contributed by atoms with Crippen molar-refractivity contribution in [2.75, 3.05) is 6.61 Å². The number of benzene rings is 1. The lowest BCUT2D eigenvalue weighted by Crippen LogP contribution is -2.49. The third kappa shape index (κ3) is 5.03. The van der Waals surface area contributed by atoms with E-state index < -0.39 is 16.4 Å². The first kappa shape index (κ1) is 16.9. The largest absolute Gasteiger partial charge is 0.487 e. The number of nitrogens with two attached hydrogens (primary N) is 2. The average molecular weight is 295 g/mol. The molecule has 0 bridgehead atoms. The second kappa shape index (κ2) is 7.03. The van der Waals surface area contributed by atoms with Crippen molar-refractivity contribution in [1.29, 1.82) is 0 Å². The van der Waals surface area contributed by atoms with E-state index in [-0.39, 0.29) is 11.4 Å². The van der Waals surface area contributed by atoms with Crippen LogP contribution in [0, 0.1) is 17.0 Å². The van der Waals surface area contributed by atoms with Crippen LogP contribution in [0.4, 0.5) is 5.69 Å². The Bertz CT molecular complexity index is 529. The molecule has 1 atom stereocenters. The van der Waals surface area contributed by atoms with Crippen molar-refractivity contribution in [1.82, 2.24) is 0 Å². The molecule has 1 aromatic carbocycles. The van der Waals surface area contributed by atoms with Crippen molar-refractivity contribution < 1.29 is 14.5 Å². The van der Waals surface area contributed by atoms with Crippen LogP contribution >= 0.6 is 0 Å². The van der Waals surface area contributed by atoms with Gasteiger partial charge in [0.15, 0.2) is 5.75 Å². The maximum absolute atomic E-state index is 11.0. The van der Waals surface area contributed by atoms with Crippen LogP contribution in [0.3, 0.4) is 0 Å². The Labute approximate surface area is 123 Å². The van der Waals surface area contributed by atoms with Gasteiger partial charge in [-0.2, -0.15) is 0 Å². The first-order chi connectivity index (χ1) is 9.74. The molecule has 7 nitrogen and oxygen atoms in total. The molecule has 0 spiro atoms. The number of nitrogens with zero attached hydrogens (tertiary/aromatic N) is 1. The number of hydrogen-bond acceptors (Lipinski definition) is 5. The first-order valence-corrected chi connectivity index (χ1v) is 6.70. The molecule has 1 amide bonds. The summed E-state index contributed by atoms with van der Waals surface area (Å²) in [5.74, 6) is -0.298. The maximum atomic E-state index is 11.0. The Kier molecular flexibility index (Phi) is 5.66. The van der Waals surface area contributed by atoms with Crippen molar-refractivity contribution in [2.45, 2.75) is 38.6 Å². The summed E-state index contributed by atoms with van der Waals surface area (Å²) < 4.78 is 5.43. The summed E-state index contributed by atoms with van der Waals surface area (Å²) in [6, 6.07) is 4.82. The van der Waals surface area contributed by atoms with Crippen molar-refractivity contribution in [3.8, 4) is 5.75 Å². The molecular weight excluding hydrogens is 274 g/mol. The highest BCUT2D eigenvalue weighted by Crippen LogP contribution is 2.27. The van der Waals surface area contributed by atoms with Gasteiger partial charge in [0.25, 0.3) is 0 Å². The number of amides is 1. The van der Waals surface area contributed by atoms with E-state index in [4.69, 9.17) is 16.2 Å². The van der Waals surface area contributed by atoms with Crippen LogP contribution in [0.15, 0.2) is 18.2 Å². The lowest BCUT2D eigenvalue weighted by Gasteiger charge is -2.19. The summed E-state index contributed by atoms with van der Waals surface area (Å²) in [4.78, 5) is 21.5. The van der Waals surface area contributed by atoms with Gasteiger partial charge in [-0.05, 0) is 44.7 Å². The molecule has 0 aromatic heterocycles. The molecular formula is C14H21N3O4. The fourth-order valence-corrected chi connectivity index (χ4v) is 1.79. The maximum Gasteiger partial charge on any atom is 0.311 e. The topological polar surface area (TPSA) is 121 Å². The normalized spacial score (nSPS) is 13.5. The van der Waals surface area contributed by atoms with E-state index >= 15 is 0 Å². The van der Waals surface area contributed by atoms with Gasteiger partial charge in [0.05, 0.1) is 17.1 Å². The van der Waals surface area contributed by atoms with Gasteiger partial charge in [0.2, 0.25) is 5.91 Å². The number of nitro benzene ring substituents is 1. The lowest BCUT2D eigenvalue weighted by molar-refractivity contribution is -0.385. The van der Waals surface area contributed by atoms with Crippen LogP contribution in [0.25, 0.3) is 0 Å². The molecule has 0 aliphatic rings. The first-order valence-electron chi connectivity index (χ1n) is 6.70. The van der Waals surface area contributed by atoms with Crippen LogP contribution in [0.1, 0.15) is 31.7 Å². The minimum atomic E-state index is -1.03. The summed E-state index contributed by atoms with van der Waals surface area (Å²) in [6.45, 7) is 3.68. The predicted octanol–water partition coefficient (Wildman–Crippen LogP) is 1.66. The SMILES string of the molecule is Cc1ccc(OCCCCC(C)(N)C(N)=O)c([N+](=O)[O-])c1.